The number of nitro groups is 1. The monoisotopic (exact) mass is 250 g/mol. The van der Waals surface area contributed by atoms with E-state index in [9.17, 15) is 10.1 Å². The van der Waals surface area contributed by atoms with E-state index in [-0.39, 0.29) is 5.69 Å². The highest BCUT2D eigenvalue weighted by molar-refractivity contribution is 5.36. The number of nitro benzene ring substituents is 1. The van der Waals surface area contributed by atoms with E-state index in [1.165, 1.54) is 12.1 Å². The minimum absolute atomic E-state index is 0.0609. The molecule has 0 amide bonds. The fourth-order valence-electron chi connectivity index (χ4n) is 1.34. The molecule has 0 spiro atoms. The summed E-state index contributed by atoms with van der Waals surface area (Å²) in [6.45, 7) is 8.08. The lowest BCUT2D eigenvalue weighted by molar-refractivity contribution is -0.384. The van der Waals surface area contributed by atoms with Crippen molar-refractivity contribution < 1.29 is 9.66 Å². The summed E-state index contributed by atoms with van der Waals surface area (Å²) in [5, 5.41) is 13.7. The highest BCUT2D eigenvalue weighted by atomic mass is 16.6. The Morgan fingerprint density at radius 1 is 1.44 bits per heavy atom. The average Bonchev–Trinajstić information content (AvgIpc) is 2.37. The molecule has 0 heterocycles. The van der Waals surface area contributed by atoms with Gasteiger partial charge in [-0.25, -0.2) is 0 Å². The van der Waals surface area contributed by atoms with Gasteiger partial charge in [0.2, 0.25) is 0 Å². The van der Waals surface area contributed by atoms with E-state index in [0.717, 1.165) is 25.1 Å². The Hall–Kier alpha value is -1.88. The van der Waals surface area contributed by atoms with Gasteiger partial charge in [0.05, 0.1) is 4.92 Å². The Bertz CT molecular complexity index is 401. The van der Waals surface area contributed by atoms with E-state index < -0.39 is 4.92 Å². The summed E-state index contributed by atoms with van der Waals surface area (Å²) in [5.74, 6) is 0.609. The van der Waals surface area contributed by atoms with Crippen molar-refractivity contribution >= 4 is 5.69 Å². The highest BCUT2D eigenvalue weighted by Gasteiger charge is 2.04. The molecule has 0 aliphatic heterocycles. The number of benzene rings is 1. The van der Waals surface area contributed by atoms with Gasteiger partial charge in [0.15, 0.2) is 0 Å². The van der Waals surface area contributed by atoms with Gasteiger partial charge >= 0.3 is 0 Å². The van der Waals surface area contributed by atoms with Gasteiger partial charge in [0, 0.05) is 18.7 Å². The summed E-state index contributed by atoms with van der Waals surface area (Å²) < 4.78 is 5.47. The number of nitrogens with zero attached hydrogens (tertiary/aromatic N) is 1. The summed E-state index contributed by atoms with van der Waals surface area (Å²) in [7, 11) is 0. The van der Waals surface area contributed by atoms with E-state index in [1.54, 1.807) is 12.1 Å². The number of ether oxygens (including phenoxy) is 1. The zero-order valence-electron chi connectivity index (χ0n) is 10.5. The van der Waals surface area contributed by atoms with Crippen LogP contribution >= 0.6 is 0 Å². The minimum Gasteiger partial charge on any atom is -0.489 e. The maximum absolute atomic E-state index is 10.5. The Morgan fingerprint density at radius 2 is 2.11 bits per heavy atom. The van der Waals surface area contributed by atoms with Crippen molar-refractivity contribution in [1.82, 2.24) is 5.32 Å². The van der Waals surface area contributed by atoms with Crippen LogP contribution in [0.2, 0.25) is 0 Å². The molecule has 0 radical (unpaired) electrons. The maximum Gasteiger partial charge on any atom is 0.269 e. The predicted octanol–water partition coefficient (Wildman–Crippen LogP) is 2.53. The predicted molar refractivity (Wildman–Crippen MR) is 70.9 cm³/mol. The molecule has 0 saturated heterocycles. The largest absolute Gasteiger partial charge is 0.489 e. The Morgan fingerprint density at radius 3 is 2.67 bits per heavy atom. The first kappa shape index (κ1) is 14.2. The zero-order valence-corrected chi connectivity index (χ0v) is 10.5. The van der Waals surface area contributed by atoms with Crippen molar-refractivity contribution in [1.29, 1.82) is 0 Å². The average molecular weight is 250 g/mol. The second-order valence-electron chi connectivity index (χ2n) is 3.97. The molecular formula is C13H18N2O3. The smallest absolute Gasteiger partial charge is 0.269 e. The second kappa shape index (κ2) is 7.45. The van der Waals surface area contributed by atoms with E-state index in [4.69, 9.17) is 4.74 Å². The van der Waals surface area contributed by atoms with Gasteiger partial charge in [-0.2, -0.15) is 0 Å². The van der Waals surface area contributed by atoms with E-state index in [0.29, 0.717) is 12.4 Å². The Labute approximate surface area is 107 Å². The third-order valence-corrected chi connectivity index (χ3v) is 2.29. The van der Waals surface area contributed by atoms with Gasteiger partial charge in [0.1, 0.15) is 12.4 Å². The first-order valence-corrected chi connectivity index (χ1v) is 5.88. The van der Waals surface area contributed by atoms with Crippen molar-refractivity contribution in [2.75, 3.05) is 19.7 Å². The summed E-state index contributed by atoms with van der Waals surface area (Å²) in [5.41, 5.74) is 1.01. The third-order valence-electron chi connectivity index (χ3n) is 2.29. The lowest BCUT2D eigenvalue weighted by atomic mass is 10.3. The molecule has 5 heteroatoms. The van der Waals surface area contributed by atoms with Crippen LogP contribution in [-0.4, -0.2) is 24.6 Å². The zero-order chi connectivity index (χ0) is 13.4. The van der Waals surface area contributed by atoms with Crippen molar-refractivity contribution in [3.63, 3.8) is 0 Å². The van der Waals surface area contributed by atoms with Gasteiger partial charge in [-0.3, -0.25) is 10.1 Å². The summed E-state index contributed by atoms with van der Waals surface area (Å²) in [4.78, 5) is 10.0. The van der Waals surface area contributed by atoms with Crippen LogP contribution in [0.5, 0.6) is 5.75 Å². The quantitative estimate of drug-likeness (QED) is 0.333. The van der Waals surface area contributed by atoms with Crippen LogP contribution in [0.3, 0.4) is 0 Å². The van der Waals surface area contributed by atoms with Crippen LogP contribution in [0, 0.1) is 10.1 Å². The molecule has 0 aliphatic rings. The molecule has 1 rings (SSSR count). The van der Waals surface area contributed by atoms with Gasteiger partial charge in [-0.1, -0.05) is 13.5 Å². The van der Waals surface area contributed by atoms with Crippen LogP contribution in [0.25, 0.3) is 0 Å². The molecule has 0 unspecified atom stereocenters. The molecule has 5 nitrogen and oxygen atoms in total. The fraction of sp³-hybridized carbons (Fsp3) is 0.385. The molecule has 18 heavy (non-hydrogen) atoms. The summed E-state index contributed by atoms with van der Waals surface area (Å²) >= 11 is 0. The number of hydrogen-bond donors (Lipinski definition) is 1. The number of non-ortho nitro benzene ring substituents is 1. The molecule has 1 N–H and O–H groups in total. The number of rotatable bonds is 8. The molecule has 0 aliphatic carbocycles. The molecule has 0 atom stereocenters. The van der Waals surface area contributed by atoms with Crippen molar-refractivity contribution in [2.45, 2.75) is 13.3 Å². The molecule has 0 aromatic heterocycles. The molecule has 0 fully saturated rings. The van der Waals surface area contributed by atoms with Gasteiger partial charge in [0.25, 0.3) is 5.69 Å². The normalized spacial score (nSPS) is 10.1. The van der Waals surface area contributed by atoms with Crippen LogP contribution in [-0.2, 0) is 0 Å². The van der Waals surface area contributed by atoms with Crippen molar-refractivity contribution in [3.8, 4) is 5.75 Å². The van der Waals surface area contributed by atoms with Crippen LogP contribution in [0.4, 0.5) is 5.69 Å². The van der Waals surface area contributed by atoms with Crippen LogP contribution < -0.4 is 10.1 Å². The molecule has 1 aromatic rings. The molecular weight excluding hydrogens is 232 g/mol. The van der Waals surface area contributed by atoms with Crippen LogP contribution in [0.1, 0.15) is 13.3 Å². The fourth-order valence-corrected chi connectivity index (χ4v) is 1.34. The lowest BCUT2D eigenvalue weighted by Gasteiger charge is -2.09. The number of hydrogen-bond acceptors (Lipinski definition) is 4. The maximum atomic E-state index is 10.5. The van der Waals surface area contributed by atoms with E-state index in [2.05, 4.69) is 18.8 Å². The van der Waals surface area contributed by atoms with Crippen molar-refractivity contribution in [2.24, 2.45) is 0 Å². The molecule has 0 bridgehead atoms. The van der Waals surface area contributed by atoms with E-state index in [1.807, 2.05) is 0 Å². The summed E-state index contributed by atoms with van der Waals surface area (Å²) in [6, 6.07) is 6.02. The van der Waals surface area contributed by atoms with Crippen LogP contribution in [0.15, 0.2) is 36.4 Å². The van der Waals surface area contributed by atoms with Gasteiger partial charge < -0.3 is 10.1 Å². The van der Waals surface area contributed by atoms with Gasteiger partial charge in [-0.05, 0) is 30.7 Å². The first-order chi connectivity index (χ1) is 8.63. The molecule has 1 aromatic carbocycles. The Balaban J connectivity index is 2.34. The van der Waals surface area contributed by atoms with Gasteiger partial charge in [-0.15, -0.1) is 0 Å². The Kier molecular flexibility index (Phi) is 5.87. The first-order valence-electron chi connectivity index (χ1n) is 5.88. The topological polar surface area (TPSA) is 64.4 Å². The molecule has 98 valence electrons. The SMILES string of the molecule is C=C(CNCCC)COc1ccc([N+](=O)[O-])cc1. The number of nitrogens with one attached hydrogen (secondary N) is 1. The summed E-state index contributed by atoms with van der Waals surface area (Å²) in [6.07, 6.45) is 1.08. The minimum atomic E-state index is -0.433. The third kappa shape index (κ3) is 4.97. The standard InChI is InChI=1S/C13H18N2O3/c1-3-8-14-9-11(2)10-18-13-6-4-12(5-7-13)15(16)17/h4-7,14H,2-3,8-10H2,1H3. The molecule has 0 saturated carbocycles. The second-order valence-corrected chi connectivity index (χ2v) is 3.97. The lowest BCUT2D eigenvalue weighted by Crippen LogP contribution is -2.20. The van der Waals surface area contributed by atoms with E-state index >= 15 is 0 Å². The highest BCUT2D eigenvalue weighted by Crippen LogP contribution is 2.17. The van der Waals surface area contributed by atoms with Crippen molar-refractivity contribution in [3.05, 3.63) is 46.5 Å².